The van der Waals surface area contributed by atoms with Gasteiger partial charge in [-0.25, -0.2) is 4.79 Å². The first-order valence-corrected chi connectivity index (χ1v) is 9.96. The van der Waals surface area contributed by atoms with E-state index in [1.165, 1.54) is 4.88 Å². The molecule has 0 aliphatic carbocycles. The molecule has 4 rings (SSSR count). The SMILES string of the molecule is O=C(O)C(F)(F)F.O=C1[C@H]2CN(Cc3cccs3)C[C@H]2CN1c1ccsc1. The molecule has 0 aromatic carbocycles. The van der Waals surface area contributed by atoms with Gasteiger partial charge in [-0.05, 0) is 22.9 Å². The van der Waals surface area contributed by atoms with E-state index in [0.29, 0.717) is 11.8 Å². The van der Waals surface area contributed by atoms with E-state index in [-0.39, 0.29) is 5.92 Å². The molecule has 2 saturated heterocycles. The summed E-state index contributed by atoms with van der Waals surface area (Å²) in [6.07, 6.45) is -5.08. The average molecular weight is 418 g/mol. The highest BCUT2D eigenvalue weighted by molar-refractivity contribution is 7.09. The number of halogens is 3. The number of carboxylic acids is 1. The maximum absolute atomic E-state index is 12.5. The summed E-state index contributed by atoms with van der Waals surface area (Å²) in [6.45, 7) is 3.86. The van der Waals surface area contributed by atoms with Crippen LogP contribution in [0.4, 0.5) is 18.9 Å². The van der Waals surface area contributed by atoms with Gasteiger partial charge in [-0.1, -0.05) is 6.07 Å². The standard InChI is InChI=1S/C15H16N2OS2.C2HF3O2/c18-15-14-9-16(8-13-2-1-4-20-13)6-11(14)7-17(15)12-3-5-19-10-12;3-2(4,5)1(6)7/h1-5,10-11,14H,6-9H2;(H,6,7)/t11-,14-;/m0./s1. The number of likely N-dealkylation sites (tertiary alicyclic amines) is 1. The van der Waals surface area contributed by atoms with Crippen LogP contribution in [-0.2, 0) is 16.1 Å². The Bertz CT molecular complexity index is 778. The highest BCUT2D eigenvalue weighted by Crippen LogP contribution is 2.36. The van der Waals surface area contributed by atoms with Crippen LogP contribution in [0.1, 0.15) is 4.88 Å². The fourth-order valence-corrected chi connectivity index (χ4v) is 4.73. The third kappa shape index (κ3) is 4.69. The zero-order valence-electron chi connectivity index (χ0n) is 14.1. The van der Waals surface area contributed by atoms with Crippen molar-refractivity contribution in [2.24, 2.45) is 11.8 Å². The van der Waals surface area contributed by atoms with Crippen LogP contribution >= 0.6 is 22.7 Å². The molecule has 2 aromatic rings. The van der Waals surface area contributed by atoms with Crippen LogP contribution in [0, 0.1) is 11.8 Å². The van der Waals surface area contributed by atoms with Crippen LogP contribution in [0.25, 0.3) is 0 Å². The molecule has 4 heterocycles. The summed E-state index contributed by atoms with van der Waals surface area (Å²) < 4.78 is 31.7. The van der Waals surface area contributed by atoms with Gasteiger partial charge in [-0.3, -0.25) is 9.69 Å². The molecule has 10 heteroatoms. The van der Waals surface area contributed by atoms with Crippen molar-refractivity contribution < 1.29 is 27.9 Å². The lowest BCUT2D eigenvalue weighted by Crippen LogP contribution is -2.32. The largest absolute Gasteiger partial charge is 0.490 e. The summed E-state index contributed by atoms with van der Waals surface area (Å²) in [7, 11) is 0. The van der Waals surface area contributed by atoms with E-state index in [1.54, 1.807) is 22.7 Å². The molecule has 0 spiro atoms. The smallest absolute Gasteiger partial charge is 0.475 e. The summed E-state index contributed by atoms with van der Waals surface area (Å²) in [5.74, 6) is -1.73. The Morgan fingerprint density at radius 1 is 1.22 bits per heavy atom. The van der Waals surface area contributed by atoms with Gasteiger partial charge in [-0.15, -0.1) is 11.3 Å². The number of carbonyl (C=O) groups excluding carboxylic acids is 1. The Morgan fingerprint density at radius 2 is 1.96 bits per heavy atom. The van der Waals surface area contributed by atoms with Gasteiger partial charge in [0.1, 0.15) is 0 Å². The summed E-state index contributed by atoms with van der Waals surface area (Å²) in [6, 6.07) is 6.33. The second-order valence-electron chi connectivity index (χ2n) is 6.37. The number of fused-ring (bicyclic) bond motifs is 1. The van der Waals surface area contributed by atoms with Crippen LogP contribution in [0.2, 0.25) is 0 Å². The number of hydrogen-bond donors (Lipinski definition) is 1. The Labute approximate surface area is 161 Å². The normalized spacial score (nSPS) is 22.5. The minimum atomic E-state index is -5.08. The lowest BCUT2D eigenvalue weighted by molar-refractivity contribution is -0.192. The molecule has 5 nitrogen and oxygen atoms in total. The van der Waals surface area contributed by atoms with Crippen LogP contribution in [-0.4, -0.2) is 47.7 Å². The molecule has 0 radical (unpaired) electrons. The van der Waals surface area contributed by atoms with Gasteiger partial charge >= 0.3 is 12.1 Å². The highest BCUT2D eigenvalue weighted by atomic mass is 32.1. The minimum Gasteiger partial charge on any atom is -0.475 e. The molecule has 1 N–H and O–H groups in total. The molecule has 1 amide bonds. The monoisotopic (exact) mass is 418 g/mol. The molecule has 0 unspecified atom stereocenters. The number of anilines is 1. The number of carboxylic acid groups (broad SMARTS) is 1. The van der Waals surface area contributed by atoms with E-state index in [4.69, 9.17) is 9.90 Å². The number of amides is 1. The van der Waals surface area contributed by atoms with Gasteiger partial charge in [-0.2, -0.15) is 24.5 Å². The van der Waals surface area contributed by atoms with Crippen LogP contribution < -0.4 is 4.90 Å². The van der Waals surface area contributed by atoms with E-state index < -0.39 is 12.1 Å². The zero-order chi connectivity index (χ0) is 19.6. The Balaban J connectivity index is 0.000000260. The second kappa shape index (κ2) is 7.99. The molecule has 2 aliphatic rings. The van der Waals surface area contributed by atoms with Crippen molar-refractivity contribution in [3.8, 4) is 0 Å². The van der Waals surface area contributed by atoms with Gasteiger partial charge < -0.3 is 10.0 Å². The molecule has 2 aliphatic heterocycles. The molecular weight excluding hydrogens is 401 g/mol. The van der Waals surface area contributed by atoms with Crippen molar-refractivity contribution >= 4 is 40.2 Å². The van der Waals surface area contributed by atoms with Crippen LogP contribution in [0.15, 0.2) is 34.3 Å². The summed E-state index contributed by atoms with van der Waals surface area (Å²) >= 11 is 3.46. The highest BCUT2D eigenvalue weighted by Gasteiger charge is 2.46. The van der Waals surface area contributed by atoms with Crippen LogP contribution in [0.5, 0.6) is 0 Å². The van der Waals surface area contributed by atoms with Gasteiger partial charge in [0, 0.05) is 42.4 Å². The molecule has 146 valence electrons. The molecule has 0 bridgehead atoms. The van der Waals surface area contributed by atoms with Crippen molar-refractivity contribution in [3.05, 3.63) is 39.2 Å². The minimum absolute atomic E-state index is 0.204. The second-order valence-corrected chi connectivity index (χ2v) is 8.19. The Kier molecular flexibility index (Phi) is 5.87. The van der Waals surface area contributed by atoms with Crippen molar-refractivity contribution in [2.75, 3.05) is 24.5 Å². The van der Waals surface area contributed by atoms with E-state index in [0.717, 1.165) is 31.9 Å². The molecule has 2 fully saturated rings. The maximum Gasteiger partial charge on any atom is 0.490 e. The fourth-order valence-electron chi connectivity index (χ4n) is 3.35. The average Bonchev–Trinajstić information content (AvgIpc) is 3.35. The number of alkyl halides is 3. The first-order valence-electron chi connectivity index (χ1n) is 8.14. The van der Waals surface area contributed by atoms with Gasteiger partial charge in [0.15, 0.2) is 0 Å². The molecular formula is C17H17F3N2O3S2. The number of nitrogens with zero attached hydrogens (tertiary/aromatic N) is 2. The molecule has 27 heavy (non-hydrogen) atoms. The third-order valence-corrected chi connectivity index (χ3v) is 6.07. The molecule has 0 saturated carbocycles. The fraction of sp³-hybridized carbons (Fsp3) is 0.412. The molecule has 2 aromatic heterocycles. The zero-order valence-corrected chi connectivity index (χ0v) is 15.7. The number of hydrogen-bond acceptors (Lipinski definition) is 5. The van der Waals surface area contributed by atoms with E-state index in [9.17, 15) is 18.0 Å². The number of carbonyl (C=O) groups is 2. The lowest BCUT2D eigenvalue weighted by atomic mass is 10.0. The topological polar surface area (TPSA) is 60.9 Å². The summed E-state index contributed by atoms with van der Waals surface area (Å²) in [5.41, 5.74) is 1.08. The predicted octanol–water partition coefficient (Wildman–Crippen LogP) is 3.54. The Morgan fingerprint density at radius 3 is 2.48 bits per heavy atom. The summed E-state index contributed by atoms with van der Waals surface area (Å²) in [5, 5.41) is 13.4. The van der Waals surface area contributed by atoms with Gasteiger partial charge in [0.05, 0.1) is 11.6 Å². The van der Waals surface area contributed by atoms with E-state index >= 15 is 0 Å². The summed E-state index contributed by atoms with van der Waals surface area (Å²) in [4.78, 5) is 27.2. The maximum atomic E-state index is 12.5. The van der Waals surface area contributed by atoms with Crippen molar-refractivity contribution in [1.29, 1.82) is 0 Å². The first-order chi connectivity index (χ1) is 12.8. The Hall–Kier alpha value is -1.91. The van der Waals surface area contributed by atoms with E-state index in [1.807, 2.05) is 16.3 Å². The first kappa shape index (κ1) is 19.8. The van der Waals surface area contributed by atoms with Crippen molar-refractivity contribution in [1.82, 2.24) is 4.90 Å². The van der Waals surface area contributed by atoms with Crippen molar-refractivity contribution in [2.45, 2.75) is 12.7 Å². The van der Waals surface area contributed by atoms with E-state index in [2.05, 4.69) is 27.8 Å². The number of aliphatic carboxylic acids is 1. The van der Waals surface area contributed by atoms with Crippen LogP contribution in [0.3, 0.4) is 0 Å². The van der Waals surface area contributed by atoms with Gasteiger partial charge in [0.25, 0.3) is 0 Å². The number of rotatable bonds is 3. The quantitative estimate of drug-likeness (QED) is 0.828. The predicted molar refractivity (Wildman–Crippen MR) is 96.9 cm³/mol. The third-order valence-electron chi connectivity index (χ3n) is 4.54. The molecule has 2 atom stereocenters. The van der Waals surface area contributed by atoms with Crippen molar-refractivity contribution in [3.63, 3.8) is 0 Å². The lowest BCUT2D eigenvalue weighted by Gasteiger charge is -2.20. The van der Waals surface area contributed by atoms with Gasteiger partial charge in [0.2, 0.25) is 5.91 Å². The number of thiophene rings is 2.